The van der Waals surface area contributed by atoms with Gasteiger partial charge in [-0.25, -0.2) is 9.97 Å². The summed E-state index contributed by atoms with van der Waals surface area (Å²) >= 11 is 0. The van der Waals surface area contributed by atoms with Crippen LogP contribution in [0, 0.1) is 0 Å². The molecule has 1 N–H and O–H groups in total. The van der Waals surface area contributed by atoms with Crippen molar-refractivity contribution in [1.29, 1.82) is 0 Å². The molecule has 2 aromatic heterocycles. The van der Waals surface area contributed by atoms with Gasteiger partial charge in [0.25, 0.3) is 0 Å². The lowest BCUT2D eigenvalue weighted by molar-refractivity contribution is 0.584. The van der Waals surface area contributed by atoms with E-state index >= 15 is 0 Å². The van der Waals surface area contributed by atoms with E-state index in [1.807, 2.05) is 25.6 Å². The van der Waals surface area contributed by atoms with Crippen LogP contribution in [0.2, 0.25) is 0 Å². The Hall–Kier alpha value is -1.91. The SMILES string of the molecule is Cn1cc(Nc2ncc(C(C)(C)C)cn2)cn1. The second kappa shape index (κ2) is 4.16. The minimum Gasteiger partial charge on any atom is -0.321 e. The largest absolute Gasteiger partial charge is 0.321 e. The van der Waals surface area contributed by atoms with Gasteiger partial charge in [-0.2, -0.15) is 5.10 Å². The zero-order valence-corrected chi connectivity index (χ0v) is 10.6. The molecule has 17 heavy (non-hydrogen) atoms. The predicted octanol–water partition coefficient (Wildman–Crippen LogP) is 2.25. The number of aromatic nitrogens is 4. The summed E-state index contributed by atoms with van der Waals surface area (Å²) in [6, 6.07) is 0. The predicted molar refractivity (Wildman–Crippen MR) is 67.2 cm³/mol. The van der Waals surface area contributed by atoms with E-state index in [2.05, 4.69) is 41.2 Å². The summed E-state index contributed by atoms with van der Waals surface area (Å²) in [7, 11) is 1.87. The molecule has 2 aromatic rings. The summed E-state index contributed by atoms with van der Waals surface area (Å²) < 4.78 is 1.73. The molecule has 2 rings (SSSR count). The molecule has 2 heterocycles. The van der Waals surface area contributed by atoms with E-state index in [0.717, 1.165) is 11.3 Å². The zero-order valence-electron chi connectivity index (χ0n) is 10.6. The van der Waals surface area contributed by atoms with Crippen molar-refractivity contribution in [2.45, 2.75) is 26.2 Å². The fourth-order valence-corrected chi connectivity index (χ4v) is 1.39. The Morgan fingerprint density at radius 2 is 1.76 bits per heavy atom. The van der Waals surface area contributed by atoms with Gasteiger partial charge in [-0.05, 0) is 11.0 Å². The highest BCUT2D eigenvalue weighted by atomic mass is 15.3. The number of aryl methyl sites for hydroxylation is 1. The highest BCUT2D eigenvalue weighted by molar-refractivity contribution is 5.50. The maximum absolute atomic E-state index is 4.29. The molecule has 5 nitrogen and oxygen atoms in total. The molecule has 0 atom stereocenters. The Morgan fingerprint density at radius 3 is 2.24 bits per heavy atom. The average molecular weight is 231 g/mol. The van der Waals surface area contributed by atoms with Crippen LogP contribution in [0.3, 0.4) is 0 Å². The number of rotatable bonds is 2. The first-order valence-corrected chi connectivity index (χ1v) is 5.53. The Labute approximate surface area is 101 Å². The van der Waals surface area contributed by atoms with Crippen molar-refractivity contribution in [2.75, 3.05) is 5.32 Å². The summed E-state index contributed by atoms with van der Waals surface area (Å²) in [4.78, 5) is 8.58. The van der Waals surface area contributed by atoms with Gasteiger partial charge >= 0.3 is 0 Å². The first kappa shape index (κ1) is 11.6. The topological polar surface area (TPSA) is 55.6 Å². The maximum Gasteiger partial charge on any atom is 0.227 e. The first-order chi connectivity index (χ1) is 7.95. The molecule has 0 bridgehead atoms. The summed E-state index contributed by atoms with van der Waals surface area (Å²) in [6.07, 6.45) is 7.32. The van der Waals surface area contributed by atoms with Crippen molar-refractivity contribution < 1.29 is 0 Å². The fourth-order valence-electron chi connectivity index (χ4n) is 1.39. The van der Waals surface area contributed by atoms with Gasteiger partial charge in [0.1, 0.15) is 0 Å². The van der Waals surface area contributed by atoms with Crippen LogP contribution in [0.4, 0.5) is 11.6 Å². The Balaban J connectivity index is 2.13. The van der Waals surface area contributed by atoms with Crippen molar-refractivity contribution in [2.24, 2.45) is 7.05 Å². The maximum atomic E-state index is 4.29. The van der Waals surface area contributed by atoms with Gasteiger partial charge in [0.2, 0.25) is 5.95 Å². The monoisotopic (exact) mass is 231 g/mol. The number of hydrogen-bond donors (Lipinski definition) is 1. The minimum absolute atomic E-state index is 0.0762. The van der Waals surface area contributed by atoms with E-state index in [1.165, 1.54) is 0 Å². The molecule has 0 spiro atoms. The molecule has 0 radical (unpaired) electrons. The van der Waals surface area contributed by atoms with Crippen molar-refractivity contribution in [3.63, 3.8) is 0 Å². The van der Waals surface area contributed by atoms with Gasteiger partial charge in [-0.1, -0.05) is 20.8 Å². The summed E-state index contributed by atoms with van der Waals surface area (Å²) in [5, 5.41) is 7.17. The molecule has 0 unspecified atom stereocenters. The molecular formula is C12H17N5. The van der Waals surface area contributed by atoms with Crippen LogP contribution < -0.4 is 5.32 Å². The van der Waals surface area contributed by atoms with Crippen LogP contribution in [0.25, 0.3) is 0 Å². The third-order valence-corrected chi connectivity index (χ3v) is 2.48. The molecule has 0 aromatic carbocycles. The van der Waals surface area contributed by atoms with Gasteiger partial charge < -0.3 is 5.32 Å². The molecule has 0 saturated heterocycles. The van der Waals surface area contributed by atoms with Crippen LogP contribution >= 0.6 is 0 Å². The Kier molecular flexibility index (Phi) is 2.83. The molecule has 90 valence electrons. The third kappa shape index (κ3) is 2.81. The zero-order chi connectivity index (χ0) is 12.5. The van der Waals surface area contributed by atoms with Crippen molar-refractivity contribution in [3.8, 4) is 0 Å². The molecule has 0 saturated carbocycles. The second-order valence-corrected chi connectivity index (χ2v) is 5.07. The number of hydrogen-bond acceptors (Lipinski definition) is 4. The van der Waals surface area contributed by atoms with Gasteiger partial charge in [0, 0.05) is 25.6 Å². The standard InChI is InChI=1S/C12H17N5/c1-12(2,3)9-5-13-11(14-6-9)16-10-7-15-17(4)8-10/h5-8H,1-4H3,(H,13,14,16). The Bertz CT molecular complexity index is 492. The lowest BCUT2D eigenvalue weighted by Crippen LogP contribution is -2.12. The molecule has 5 heteroatoms. The van der Waals surface area contributed by atoms with Gasteiger partial charge in [0.05, 0.1) is 11.9 Å². The normalized spacial score (nSPS) is 11.5. The number of nitrogens with zero attached hydrogens (tertiary/aromatic N) is 4. The summed E-state index contributed by atoms with van der Waals surface area (Å²) in [5.74, 6) is 0.589. The van der Waals surface area contributed by atoms with E-state index in [-0.39, 0.29) is 5.41 Å². The van der Waals surface area contributed by atoms with Gasteiger partial charge in [0.15, 0.2) is 0 Å². The lowest BCUT2D eigenvalue weighted by Gasteiger charge is -2.17. The minimum atomic E-state index is 0.0762. The van der Waals surface area contributed by atoms with Crippen molar-refractivity contribution >= 4 is 11.6 Å². The van der Waals surface area contributed by atoms with Crippen LogP contribution in [-0.4, -0.2) is 19.7 Å². The molecule has 0 fully saturated rings. The van der Waals surface area contributed by atoms with E-state index in [9.17, 15) is 0 Å². The Morgan fingerprint density at radius 1 is 1.12 bits per heavy atom. The first-order valence-electron chi connectivity index (χ1n) is 5.53. The quantitative estimate of drug-likeness (QED) is 0.861. The second-order valence-electron chi connectivity index (χ2n) is 5.07. The molecule has 0 aliphatic rings. The van der Waals surface area contributed by atoms with Crippen LogP contribution in [0.1, 0.15) is 26.3 Å². The molecule has 0 aliphatic carbocycles. The molecular weight excluding hydrogens is 214 g/mol. The van der Waals surface area contributed by atoms with Gasteiger partial charge in [-0.15, -0.1) is 0 Å². The van der Waals surface area contributed by atoms with Crippen LogP contribution in [0.15, 0.2) is 24.8 Å². The van der Waals surface area contributed by atoms with E-state index in [1.54, 1.807) is 10.9 Å². The molecule has 0 amide bonds. The van der Waals surface area contributed by atoms with E-state index in [0.29, 0.717) is 5.95 Å². The molecule has 0 aliphatic heterocycles. The lowest BCUT2D eigenvalue weighted by atomic mass is 9.89. The fraction of sp³-hybridized carbons (Fsp3) is 0.417. The van der Waals surface area contributed by atoms with E-state index in [4.69, 9.17) is 0 Å². The van der Waals surface area contributed by atoms with Crippen molar-refractivity contribution in [3.05, 3.63) is 30.4 Å². The van der Waals surface area contributed by atoms with Crippen molar-refractivity contribution in [1.82, 2.24) is 19.7 Å². The van der Waals surface area contributed by atoms with Gasteiger partial charge in [-0.3, -0.25) is 4.68 Å². The van der Waals surface area contributed by atoms with Crippen LogP contribution in [0.5, 0.6) is 0 Å². The van der Waals surface area contributed by atoms with Crippen LogP contribution in [-0.2, 0) is 12.5 Å². The smallest absolute Gasteiger partial charge is 0.227 e. The third-order valence-electron chi connectivity index (χ3n) is 2.48. The summed E-state index contributed by atoms with van der Waals surface area (Å²) in [5.41, 5.74) is 2.08. The number of anilines is 2. The summed E-state index contributed by atoms with van der Waals surface area (Å²) in [6.45, 7) is 6.42. The van der Waals surface area contributed by atoms with E-state index < -0.39 is 0 Å². The number of nitrogens with one attached hydrogen (secondary N) is 1. The average Bonchev–Trinajstić information content (AvgIpc) is 2.63. The highest BCUT2D eigenvalue weighted by Gasteiger charge is 2.14. The highest BCUT2D eigenvalue weighted by Crippen LogP contribution is 2.21.